The third-order valence-corrected chi connectivity index (χ3v) is 6.04. The van der Waals surface area contributed by atoms with Crippen molar-refractivity contribution >= 4 is 23.8 Å². The molecule has 0 aliphatic rings. The maximum absolute atomic E-state index is 14.0. The van der Waals surface area contributed by atoms with Crippen LogP contribution in [0.3, 0.4) is 0 Å². The number of nitrogens with two attached hydrogens (primary N) is 1. The second-order valence-electron chi connectivity index (χ2n) is 11.0. The molecule has 1 aromatic carbocycles. The lowest BCUT2D eigenvalue weighted by atomic mass is 10.00. The second kappa shape index (κ2) is 16.6. The minimum Gasteiger partial charge on any atom is -0.508 e. The molecule has 10 nitrogen and oxygen atoms in total. The highest BCUT2D eigenvalue weighted by atomic mass is 16.6. The number of aromatic hydroxyl groups is 1. The van der Waals surface area contributed by atoms with Crippen molar-refractivity contribution in [3.8, 4) is 5.75 Å². The molecule has 0 bridgehead atoms. The van der Waals surface area contributed by atoms with E-state index in [1.165, 1.54) is 17.0 Å². The van der Waals surface area contributed by atoms with E-state index in [1.54, 1.807) is 32.9 Å². The molecule has 5 N–H and O–H groups in total. The lowest BCUT2D eigenvalue weighted by Gasteiger charge is -2.35. The van der Waals surface area contributed by atoms with Crippen molar-refractivity contribution in [1.82, 2.24) is 15.5 Å². The monoisotopic (exact) mass is 548 g/mol. The van der Waals surface area contributed by atoms with E-state index in [1.807, 2.05) is 13.8 Å². The van der Waals surface area contributed by atoms with Crippen molar-refractivity contribution in [3.05, 3.63) is 29.8 Å². The molecule has 0 heterocycles. The number of nitrogens with zero attached hydrogens (tertiary/aromatic N) is 1. The van der Waals surface area contributed by atoms with Gasteiger partial charge in [0.15, 0.2) is 0 Å². The van der Waals surface area contributed by atoms with Crippen molar-refractivity contribution in [2.75, 3.05) is 6.54 Å². The van der Waals surface area contributed by atoms with Gasteiger partial charge in [-0.3, -0.25) is 14.4 Å². The van der Waals surface area contributed by atoms with E-state index in [4.69, 9.17) is 10.5 Å². The summed E-state index contributed by atoms with van der Waals surface area (Å²) in [5, 5.41) is 15.6. The number of phenolic OH excluding ortho intramolecular Hbond substituents is 1. The summed E-state index contributed by atoms with van der Waals surface area (Å²) in [6, 6.07) is 3.59. The number of phenols is 1. The van der Waals surface area contributed by atoms with Crippen LogP contribution in [-0.2, 0) is 19.1 Å². The fraction of sp³-hybridized carbons (Fsp3) is 0.655. The fourth-order valence-corrected chi connectivity index (χ4v) is 4.30. The summed E-state index contributed by atoms with van der Waals surface area (Å²) in [5.74, 6) is -1.90. The Labute approximate surface area is 233 Å². The molecule has 0 radical (unpaired) electrons. The van der Waals surface area contributed by atoms with E-state index in [2.05, 4.69) is 17.6 Å². The molecule has 220 valence electrons. The first-order chi connectivity index (χ1) is 18.3. The molecule has 0 spiro atoms. The van der Waals surface area contributed by atoms with Crippen LogP contribution in [0.15, 0.2) is 24.3 Å². The van der Waals surface area contributed by atoms with Gasteiger partial charge in [-0.2, -0.15) is 0 Å². The molecule has 0 fully saturated rings. The van der Waals surface area contributed by atoms with E-state index < -0.39 is 47.9 Å². The topological polar surface area (TPSA) is 151 Å². The number of alkyl carbamates (subject to hydrolysis) is 1. The van der Waals surface area contributed by atoms with Crippen LogP contribution < -0.4 is 16.4 Å². The average Bonchev–Trinajstić information content (AvgIpc) is 2.80. The van der Waals surface area contributed by atoms with Crippen LogP contribution in [0, 0.1) is 0 Å². The van der Waals surface area contributed by atoms with Gasteiger partial charge in [-0.05, 0) is 58.2 Å². The van der Waals surface area contributed by atoms with Crippen LogP contribution >= 0.6 is 0 Å². The van der Waals surface area contributed by atoms with Crippen molar-refractivity contribution in [2.24, 2.45) is 5.73 Å². The summed E-state index contributed by atoms with van der Waals surface area (Å²) in [5.41, 5.74) is 5.02. The van der Waals surface area contributed by atoms with Gasteiger partial charge in [0.2, 0.25) is 17.7 Å². The molecular formula is C29H48N4O6. The van der Waals surface area contributed by atoms with Crippen LogP contribution in [0.1, 0.15) is 105 Å². The van der Waals surface area contributed by atoms with Crippen LogP contribution in [0.25, 0.3) is 0 Å². The first kappa shape index (κ1) is 33.7. The van der Waals surface area contributed by atoms with Crippen LogP contribution in [0.2, 0.25) is 0 Å². The van der Waals surface area contributed by atoms with Gasteiger partial charge in [0.1, 0.15) is 23.4 Å². The quantitative estimate of drug-likeness (QED) is 0.226. The SMILES string of the molecule is CCCCCCCN(C(=O)C(CC(N)=O)NC(=O)OC(C)(C)C)C(C(=O)NC(C)CCC)c1cccc(O)c1. The van der Waals surface area contributed by atoms with Gasteiger partial charge in [0, 0.05) is 12.6 Å². The molecular weight excluding hydrogens is 500 g/mol. The zero-order valence-corrected chi connectivity index (χ0v) is 24.4. The number of hydrogen-bond acceptors (Lipinski definition) is 6. The summed E-state index contributed by atoms with van der Waals surface area (Å²) in [6.07, 6.45) is 4.76. The van der Waals surface area contributed by atoms with E-state index in [0.29, 0.717) is 12.0 Å². The number of rotatable bonds is 16. The molecule has 4 amide bonds. The second-order valence-corrected chi connectivity index (χ2v) is 11.0. The molecule has 39 heavy (non-hydrogen) atoms. The van der Waals surface area contributed by atoms with E-state index in [0.717, 1.165) is 38.5 Å². The molecule has 0 aromatic heterocycles. The Hall–Kier alpha value is -3.30. The van der Waals surface area contributed by atoms with E-state index in [9.17, 15) is 24.3 Å². The van der Waals surface area contributed by atoms with E-state index >= 15 is 0 Å². The van der Waals surface area contributed by atoms with Crippen molar-refractivity contribution < 1.29 is 29.0 Å². The van der Waals surface area contributed by atoms with Gasteiger partial charge in [0.05, 0.1) is 6.42 Å². The molecule has 10 heteroatoms. The lowest BCUT2D eigenvalue weighted by molar-refractivity contribution is -0.143. The largest absolute Gasteiger partial charge is 0.508 e. The predicted octanol–water partition coefficient (Wildman–Crippen LogP) is 4.31. The molecule has 1 rings (SSSR count). The number of primary amides is 1. The molecule has 0 saturated carbocycles. The zero-order valence-electron chi connectivity index (χ0n) is 24.4. The minimum atomic E-state index is -1.34. The number of ether oxygens (including phenoxy) is 1. The Morgan fingerprint density at radius 1 is 1.03 bits per heavy atom. The van der Waals surface area contributed by atoms with Gasteiger partial charge < -0.3 is 31.1 Å². The predicted molar refractivity (Wildman–Crippen MR) is 151 cm³/mol. The fourth-order valence-electron chi connectivity index (χ4n) is 4.30. The van der Waals surface area contributed by atoms with Crippen molar-refractivity contribution in [2.45, 2.75) is 117 Å². The zero-order chi connectivity index (χ0) is 29.6. The number of benzene rings is 1. The minimum absolute atomic E-state index is 0.0529. The highest BCUT2D eigenvalue weighted by molar-refractivity contribution is 5.94. The number of amides is 4. The average molecular weight is 549 g/mol. The number of carbonyl (C=O) groups is 4. The highest BCUT2D eigenvalue weighted by Gasteiger charge is 2.37. The third-order valence-electron chi connectivity index (χ3n) is 6.04. The normalized spacial score (nSPS) is 13.6. The lowest BCUT2D eigenvalue weighted by Crippen LogP contribution is -2.54. The van der Waals surface area contributed by atoms with Crippen LogP contribution in [0.4, 0.5) is 4.79 Å². The Bertz CT molecular complexity index is 946. The highest BCUT2D eigenvalue weighted by Crippen LogP contribution is 2.27. The summed E-state index contributed by atoms with van der Waals surface area (Å²) >= 11 is 0. The van der Waals surface area contributed by atoms with Crippen LogP contribution in [0.5, 0.6) is 5.75 Å². The number of hydrogen-bond donors (Lipinski definition) is 4. The summed E-state index contributed by atoms with van der Waals surface area (Å²) in [7, 11) is 0. The van der Waals surface area contributed by atoms with Gasteiger partial charge >= 0.3 is 6.09 Å². The maximum Gasteiger partial charge on any atom is 0.408 e. The molecule has 0 aliphatic heterocycles. The number of carbonyl (C=O) groups excluding carboxylic acids is 4. The Morgan fingerprint density at radius 3 is 2.26 bits per heavy atom. The van der Waals surface area contributed by atoms with Gasteiger partial charge in [-0.25, -0.2) is 4.79 Å². The maximum atomic E-state index is 14.0. The smallest absolute Gasteiger partial charge is 0.408 e. The molecule has 3 unspecified atom stereocenters. The third kappa shape index (κ3) is 12.9. The molecule has 3 atom stereocenters. The van der Waals surface area contributed by atoms with Gasteiger partial charge in [0.25, 0.3) is 0 Å². The van der Waals surface area contributed by atoms with Gasteiger partial charge in [-0.15, -0.1) is 0 Å². The molecule has 0 aliphatic carbocycles. The molecule has 1 aromatic rings. The van der Waals surface area contributed by atoms with Crippen molar-refractivity contribution in [1.29, 1.82) is 0 Å². The first-order valence-corrected chi connectivity index (χ1v) is 14.0. The van der Waals surface area contributed by atoms with Crippen molar-refractivity contribution in [3.63, 3.8) is 0 Å². The molecule has 0 saturated heterocycles. The van der Waals surface area contributed by atoms with Crippen LogP contribution in [-0.4, -0.2) is 58.1 Å². The summed E-state index contributed by atoms with van der Waals surface area (Å²) in [6.45, 7) is 11.2. The number of unbranched alkanes of at least 4 members (excludes halogenated alkanes) is 4. The van der Waals surface area contributed by atoms with E-state index in [-0.39, 0.29) is 18.3 Å². The standard InChI is InChI=1S/C29H48N4O6/c1-7-9-10-11-12-17-33(27(37)23(19-24(30)35)32-28(38)39-29(4,5)6)25(21-15-13-16-22(34)18-21)26(36)31-20(3)14-8-2/h13,15-16,18,20,23,25,34H,7-12,14,17,19H2,1-6H3,(H2,30,35)(H,31,36)(H,32,38). The number of nitrogens with one attached hydrogen (secondary N) is 2. The Balaban J connectivity index is 3.49. The Morgan fingerprint density at radius 2 is 1.69 bits per heavy atom. The summed E-state index contributed by atoms with van der Waals surface area (Å²) in [4.78, 5) is 53.6. The Kier molecular flexibility index (Phi) is 14.4. The van der Waals surface area contributed by atoms with Gasteiger partial charge in [-0.1, -0.05) is 58.1 Å². The summed E-state index contributed by atoms with van der Waals surface area (Å²) < 4.78 is 5.31. The first-order valence-electron chi connectivity index (χ1n) is 14.0.